The van der Waals surface area contributed by atoms with Crippen molar-refractivity contribution in [1.29, 1.82) is 0 Å². The van der Waals surface area contributed by atoms with E-state index in [1.807, 2.05) is 29.2 Å². The fourth-order valence-corrected chi connectivity index (χ4v) is 2.87. The van der Waals surface area contributed by atoms with Crippen molar-refractivity contribution in [3.05, 3.63) is 53.3 Å². The first-order chi connectivity index (χ1) is 12.2. The number of amides is 2. The third-order valence-corrected chi connectivity index (χ3v) is 4.30. The minimum absolute atomic E-state index is 0.0815. The molecule has 132 valence electrons. The number of hydrogen-bond acceptors (Lipinski definition) is 4. The molecule has 0 saturated carbocycles. The molecule has 1 fully saturated rings. The average molecular weight is 342 g/mol. The maximum Gasteiger partial charge on any atom is 0.287 e. The molecule has 0 atom stereocenters. The van der Waals surface area contributed by atoms with Crippen molar-refractivity contribution in [3.63, 3.8) is 0 Å². The minimum atomic E-state index is -0.309. The summed E-state index contributed by atoms with van der Waals surface area (Å²) in [6.07, 6.45) is 3.35. The van der Waals surface area contributed by atoms with E-state index in [4.69, 9.17) is 9.15 Å². The number of nitrogens with one attached hydrogen (secondary N) is 1. The summed E-state index contributed by atoms with van der Waals surface area (Å²) in [5.74, 6) is 0.272. The summed E-state index contributed by atoms with van der Waals surface area (Å²) < 4.78 is 10.1. The molecular weight excluding hydrogens is 320 g/mol. The number of furan rings is 1. The van der Waals surface area contributed by atoms with Gasteiger partial charge in [0.05, 0.1) is 7.11 Å². The second-order valence-electron chi connectivity index (χ2n) is 6.06. The standard InChI is InChI=1S/C19H22N2O4/c1-24-17-10-9-16(25-17)18(22)20-13-14-5-7-15(8-6-14)19(23)21-11-3-2-4-12-21/h5-10H,2-4,11-13H2,1H3,(H,20,22). The van der Waals surface area contributed by atoms with Crippen LogP contribution in [0.3, 0.4) is 0 Å². The van der Waals surface area contributed by atoms with Crippen molar-refractivity contribution < 1.29 is 18.7 Å². The summed E-state index contributed by atoms with van der Waals surface area (Å²) in [7, 11) is 1.48. The molecule has 3 rings (SSSR count). The smallest absolute Gasteiger partial charge is 0.287 e. The number of methoxy groups -OCH3 is 1. The monoisotopic (exact) mass is 342 g/mol. The van der Waals surface area contributed by atoms with Crippen molar-refractivity contribution in [2.45, 2.75) is 25.8 Å². The number of carbonyl (C=O) groups excluding carboxylic acids is 2. The zero-order chi connectivity index (χ0) is 17.6. The molecule has 1 aliphatic rings. The highest BCUT2D eigenvalue weighted by Crippen LogP contribution is 2.16. The quantitative estimate of drug-likeness (QED) is 0.907. The van der Waals surface area contributed by atoms with E-state index >= 15 is 0 Å². The normalized spacial score (nSPS) is 14.2. The number of ether oxygens (including phenoxy) is 1. The van der Waals surface area contributed by atoms with E-state index in [1.54, 1.807) is 12.1 Å². The molecule has 1 aromatic heterocycles. The summed E-state index contributed by atoms with van der Waals surface area (Å²) >= 11 is 0. The molecule has 1 aliphatic heterocycles. The molecule has 2 amide bonds. The predicted molar refractivity (Wildman–Crippen MR) is 92.6 cm³/mol. The van der Waals surface area contributed by atoms with Gasteiger partial charge in [-0.2, -0.15) is 0 Å². The van der Waals surface area contributed by atoms with Gasteiger partial charge in [-0.1, -0.05) is 12.1 Å². The molecule has 1 saturated heterocycles. The molecule has 0 spiro atoms. The van der Waals surface area contributed by atoms with Gasteiger partial charge >= 0.3 is 0 Å². The molecule has 6 heteroatoms. The van der Waals surface area contributed by atoms with Crippen molar-refractivity contribution in [3.8, 4) is 5.95 Å². The van der Waals surface area contributed by atoms with E-state index in [2.05, 4.69) is 5.32 Å². The molecule has 6 nitrogen and oxygen atoms in total. The number of rotatable bonds is 5. The van der Waals surface area contributed by atoms with Gasteiger partial charge in [0.25, 0.3) is 17.8 Å². The average Bonchev–Trinajstić information content (AvgIpc) is 3.16. The fourth-order valence-electron chi connectivity index (χ4n) is 2.87. The van der Waals surface area contributed by atoms with E-state index in [1.165, 1.54) is 13.5 Å². The van der Waals surface area contributed by atoms with Crippen LogP contribution in [0.4, 0.5) is 0 Å². The van der Waals surface area contributed by atoms with Gasteiger partial charge in [0.1, 0.15) is 0 Å². The van der Waals surface area contributed by atoms with Gasteiger partial charge in [0, 0.05) is 31.3 Å². The molecule has 2 heterocycles. The SMILES string of the molecule is COc1ccc(C(=O)NCc2ccc(C(=O)N3CCCCC3)cc2)o1. The van der Waals surface area contributed by atoms with Crippen LogP contribution in [0.2, 0.25) is 0 Å². The van der Waals surface area contributed by atoms with Crippen LogP contribution >= 0.6 is 0 Å². The lowest BCUT2D eigenvalue weighted by Crippen LogP contribution is -2.35. The highest BCUT2D eigenvalue weighted by molar-refractivity contribution is 5.94. The number of nitrogens with zero attached hydrogens (tertiary/aromatic N) is 1. The fraction of sp³-hybridized carbons (Fsp3) is 0.368. The highest BCUT2D eigenvalue weighted by Gasteiger charge is 2.18. The Kier molecular flexibility index (Phi) is 5.38. The number of likely N-dealkylation sites (tertiary alicyclic amines) is 1. The van der Waals surface area contributed by atoms with Crippen LogP contribution in [0.15, 0.2) is 40.8 Å². The first-order valence-corrected chi connectivity index (χ1v) is 8.47. The highest BCUT2D eigenvalue weighted by atomic mass is 16.6. The molecule has 25 heavy (non-hydrogen) atoms. The van der Waals surface area contributed by atoms with Gasteiger partial charge in [0.2, 0.25) is 0 Å². The Hall–Kier alpha value is -2.76. The van der Waals surface area contributed by atoms with Gasteiger partial charge in [0.15, 0.2) is 5.76 Å². The molecule has 0 unspecified atom stereocenters. The summed E-state index contributed by atoms with van der Waals surface area (Å²) in [6, 6.07) is 10.5. The van der Waals surface area contributed by atoms with Gasteiger partial charge in [-0.15, -0.1) is 0 Å². The molecular formula is C19H22N2O4. The maximum atomic E-state index is 12.4. The zero-order valence-electron chi connectivity index (χ0n) is 14.3. The number of hydrogen-bond donors (Lipinski definition) is 1. The van der Waals surface area contributed by atoms with Crippen LogP contribution in [-0.4, -0.2) is 36.9 Å². The van der Waals surface area contributed by atoms with Gasteiger partial charge in [-0.3, -0.25) is 9.59 Å². The third kappa shape index (κ3) is 4.21. The summed E-state index contributed by atoms with van der Waals surface area (Å²) in [5, 5.41) is 2.78. The van der Waals surface area contributed by atoms with Crippen LogP contribution < -0.4 is 10.1 Å². The maximum absolute atomic E-state index is 12.4. The Balaban J connectivity index is 1.55. The third-order valence-electron chi connectivity index (χ3n) is 4.30. The first kappa shape index (κ1) is 17.1. The Bertz CT molecular complexity index is 730. The lowest BCUT2D eigenvalue weighted by atomic mass is 10.1. The summed E-state index contributed by atoms with van der Waals surface area (Å²) in [6.45, 7) is 2.03. The van der Waals surface area contributed by atoms with Crippen molar-refractivity contribution in [2.24, 2.45) is 0 Å². The summed E-state index contributed by atoms with van der Waals surface area (Å²) in [5.41, 5.74) is 1.61. The number of carbonyl (C=O) groups is 2. The van der Waals surface area contributed by atoms with Crippen LogP contribution in [0.1, 0.15) is 45.7 Å². The van der Waals surface area contributed by atoms with E-state index in [9.17, 15) is 9.59 Å². The van der Waals surface area contributed by atoms with Crippen molar-refractivity contribution in [2.75, 3.05) is 20.2 Å². The number of piperidine rings is 1. The Morgan fingerprint density at radius 2 is 1.80 bits per heavy atom. The second-order valence-corrected chi connectivity index (χ2v) is 6.06. The molecule has 0 bridgehead atoms. The van der Waals surface area contributed by atoms with E-state index in [0.29, 0.717) is 18.1 Å². The topological polar surface area (TPSA) is 71.8 Å². The summed E-state index contributed by atoms with van der Waals surface area (Å²) in [4.78, 5) is 26.3. The van der Waals surface area contributed by atoms with Crippen LogP contribution in [0, 0.1) is 0 Å². The molecule has 2 aromatic rings. The van der Waals surface area contributed by atoms with E-state index < -0.39 is 0 Å². The lowest BCUT2D eigenvalue weighted by Gasteiger charge is -2.26. The first-order valence-electron chi connectivity index (χ1n) is 8.47. The molecule has 1 N–H and O–H groups in total. The lowest BCUT2D eigenvalue weighted by molar-refractivity contribution is 0.0724. The van der Waals surface area contributed by atoms with Crippen LogP contribution in [0.5, 0.6) is 5.95 Å². The van der Waals surface area contributed by atoms with E-state index in [-0.39, 0.29) is 17.6 Å². The largest absolute Gasteiger partial charge is 0.468 e. The molecule has 0 radical (unpaired) electrons. The van der Waals surface area contributed by atoms with Gasteiger partial charge in [-0.25, -0.2) is 0 Å². The zero-order valence-corrected chi connectivity index (χ0v) is 14.3. The Morgan fingerprint density at radius 1 is 1.08 bits per heavy atom. The van der Waals surface area contributed by atoms with Crippen LogP contribution in [-0.2, 0) is 6.54 Å². The van der Waals surface area contributed by atoms with Crippen LogP contribution in [0.25, 0.3) is 0 Å². The van der Waals surface area contributed by atoms with Crippen molar-refractivity contribution in [1.82, 2.24) is 10.2 Å². The molecule has 0 aliphatic carbocycles. The molecule has 1 aromatic carbocycles. The Morgan fingerprint density at radius 3 is 2.44 bits per heavy atom. The van der Waals surface area contributed by atoms with Gasteiger partial charge in [-0.05, 0) is 43.0 Å². The number of benzene rings is 1. The minimum Gasteiger partial charge on any atom is -0.468 e. The van der Waals surface area contributed by atoms with Gasteiger partial charge < -0.3 is 19.4 Å². The van der Waals surface area contributed by atoms with Crippen molar-refractivity contribution >= 4 is 11.8 Å². The Labute approximate surface area is 146 Å². The second kappa shape index (κ2) is 7.88. The van der Waals surface area contributed by atoms with E-state index in [0.717, 1.165) is 31.5 Å². The predicted octanol–water partition coefficient (Wildman–Crippen LogP) is 2.84.